The number of anilines is 1. The summed E-state index contributed by atoms with van der Waals surface area (Å²) < 4.78 is 2.97. The summed E-state index contributed by atoms with van der Waals surface area (Å²) in [6.07, 6.45) is -0.938. The fourth-order valence-electron chi connectivity index (χ4n) is 2.77. The predicted octanol–water partition coefficient (Wildman–Crippen LogP) is 0.607. The zero-order chi connectivity index (χ0) is 18.1. The minimum Gasteiger partial charge on any atom is -0.465 e. The van der Waals surface area contributed by atoms with E-state index in [1.54, 1.807) is 18.5 Å². The van der Waals surface area contributed by atoms with Crippen LogP contribution in [0.15, 0.2) is 4.79 Å². The van der Waals surface area contributed by atoms with Gasteiger partial charge in [-0.15, -0.1) is 5.92 Å². The van der Waals surface area contributed by atoms with Gasteiger partial charge in [0.2, 0.25) is 11.2 Å². The first-order valence-electron chi connectivity index (χ1n) is 7.69. The lowest BCUT2D eigenvalue weighted by Crippen LogP contribution is -2.49. The van der Waals surface area contributed by atoms with Crippen LogP contribution in [0.4, 0.5) is 10.7 Å². The number of amides is 1. The van der Waals surface area contributed by atoms with Crippen molar-refractivity contribution in [1.82, 2.24) is 24.0 Å². The van der Waals surface area contributed by atoms with Crippen molar-refractivity contribution >= 4 is 34.8 Å². The molecule has 2 aromatic rings. The third kappa shape index (κ3) is 3.00. The lowest BCUT2D eigenvalue weighted by atomic mass is 10.3. The number of nitrogens with zero attached hydrogens (tertiary/aromatic N) is 6. The Morgan fingerprint density at radius 2 is 1.96 bits per heavy atom. The SMILES string of the molecule is CC#CCn1c(N2CCN(C(=O)O)CC2)nc2nc(Cl)n(C)c(=O)c21. The molecule has 1 aliphatic rings. The van der Waals surface area contributed by atoms with Crippen LogP contribution in [0.2, 0.25) is 5.28 Å². The van der Waals surface area contributed by atoms with E-state index < -0.39 is 6.09 Å². The molecule has 2 aromatic heterocycles. The van der Waals surface area contributed by atoms with Gasteiger partial charge >= 0.3 is 6.09 Å². The smallest absolute Gasteiger partial charge is 0.407 e. The molecule has 25 heavy (non-hydrogen) atoms. The number of piperazine rings is 1. The number of carbonyl (C=O) groups is 1. The Bertz CT molecular complexity index is 946. The van der Waals surface area contributed by atoms with E-state index in [2.05, 4.69) is 21.8 Å². The average Bonchev–Trinajstić information content (AvgIpc) is 2.96. The first kappa shape index (κ1) is 17.1. The molecule has 3 rings (SSSR count). The lowest BCUT2D eigenvalue weighted by molar-refractivity contribution is 0.142. The standard InChI is InChI=1S/C15H17ClN6O3/c1-3-4-5-22-10-11(17-13(16)19(2)12(10)23)18-14(22)20-6-8-21(9-7-20)15(24)25/h5-9H2,1-2H3,(H,24,25). The van der Waals surface area contributed by atoms with Crippen LogP contribution in [0.25, 0.3) is 11.2 Å². The second-order valence-electron chi connectivity index (χ2n) is 5.60. The van der Waals surface area contributed by atoms with Gasteiger partial charge in [0.15, 0.2) is 11.2 Å². The minimum atomic E-state index is -0.938. The molecule has 0 saturated carbocycles. The summed E-state index contributed by atoms with van der Waals surface area (Å²) in [6.45, 7) is 3.69. The Morgan fingerprint density at radius 1 is 1.28 bits per heavy atom. The van der Waals surface area contributed by atoms with Crippen molar-refractivity contribution in [2.75, 3.05) is 31.1 Å². The molecule has 1 fully saturated rings. The zero-order valence-electron chi connectivity index (χ0n) is 13.9. The maximum Gasteiger partial charge on any atom is 0.407 e. The van der Waals surface area contributed by atoms with Crippen LogP contribution >= 0.6 is 11.6 Å². The van der Waals surface area contributed by atoms with Crippen LogP contribution in [0.5, 0.6) is 0 Å². The van der Waals surface area contributed by atoms with Crippen LogP contribution in [0.3, 0.4) is 0 Å². The minimum absolute atomic E-state index is 0.0611. The normalized spacial score (nSPS) is 14.5. The highest BCUT2D eigenvalue weighted by Gasteiger charge is 2.26. The van der Waals surface area contributed by atoms with E-state index in [0.717, 1.165) is 0 Å². The summed E-state index contributed by atoms with van der Waals surface area (Å²) in [4.78, 5) is 35.6. The van der Waals surface area contributed by atoms with E-state index in [1.807, 2.05) is 4.90 Å². The van der Waals surface area contributed by atoms with Crippen molar-refractivity contribution in [2.24, 2.45) is 7.05 Å². The van der Waals surface area contributed by atoms with Crippen molar-refractivity contribution in [3.05, 3.63) is 15.6 Å². The maximum atomic E-state index is 12.6. The fourth-order valence-corrected chi connectivity index (χ4v) is 2.93. The van der Waals surface area contributed by atoms with Gasteiger partial charge in [0, 0.05) is 33.2 Å². The first-order valence-corrected chi connectivity index (χ1v) is 8.07. The van der Waals surface area contributed by atoms with Gasteiger partial charge in [-0.3, -0.25) is 13.9 Å². The van der Waals surface area contributed by atoms with Crippen LogP contribution in [0, 0.1) is 11.8 Å². The molecule has 1 saturated heterocycles. The molecule has 1 aliphatic heterocycles. The molecule has 10 heteroatoms. The van der Waals surface area contributed by atoms with Crippen LogP contribution in [-0.2, 0) is 13.6 Å². The lowest BCUT2D eigenvalue weighted by Gasteiger charge is -2.33. The van der Waals surface area contributed by atoms with Gasteiger partial charge in [-0.2, -0.15) is 9.97 Å². The first-order chi connectivity index (χ1) is 11.9. The molecule has 1 amide bonds. The summed E-state index contributed by atoms with van der Waals surface area (Å²) in [5.41, 5.74) is 0.308. The topological polar surface area (TPSA) is 96.5 Å². The third-order valence-corrected chi connectivity index (χ3v) is 4.50. The van der Waals surface area contributed by atoms with Gasteiger partial charge in [-0.05, 0) is 18.5 Å². The molecular formula is C15H17ClN6O3. The average molecular weight is 365 g/mol. The third-order valence-electron chi connectivity index (χ3n) is 4.16. The number of imidazole rings is 1. The largest absolute Gasteiger partial charge is 0.465 e. The summed E-state index contributed by atoms with van der Waals surface area (Å²) in [6, 6.07) is 0. The molecule has 1 N–H and O–H groups in total. The van der Waals surface area contributed by atoms with Crippen molar-refractivity contribution in [2.45, 2.75) is 13.5 Å². The Hall–Kier alpha value is -2.73. The summed E-state index contributed by atoms with van der Waals surface area (Å²) in [5, 5.41) is 9.14. The highest BCUT2D eigenvalue weighted by atomic mass is 35.5. The van der Waals surface area contributed by atoms with Crippen molar-refractivity contribution in [1.29, 1.82) is 0 Å². The number of fused-ring (bicyclic) bond motifs is 1. The summed E-state index contributed by atoms with van der Waals surface area (Å²) in [5.74, 6) is 6.30. The monoisotopic (exact) mass is 364 g/mol. The van der Waals surface area contributed by atoms with E-state index in [1.165, 1.54) is 9.47 Å². The molecule has 0 radical (unpaired) electrons. The summed E-state index contributed by atoms with van der Waals surface area (Å²) in [7, 11) is 1.55. The van der Waals surface area contributed by atoms with Gasteiger partial charge in [0.25, 0.3) is 5.56 Å². The Morgan fingerprint density at radius 3 is 2.56 bits per heavy atom. The zero-order valence-corrected chi connectivity index (χ0v) is 14.6. The van der Waals surface area contributed by atoms with E-state index in [0.29, 0.717) is 44.2 Å². The predicted molar refractivity (Wildman–Crippen MR) is 93.0 cm³/mol. The van der Waals surface area contributed by atoms with E-state index in [-0.39, 0.29) is 16.5 Å². The highest BCUT2D eigenvalue weighted by Crippen LogP contribution is 2.21. The summed E-state index contributed by atoms with van der Waals surface area (Å²) >= 11 is 5.99. The van der Waals surface area contributed by atoms with Gasteiger partial charge in [0.05, 0.1) is 6.54 Å². The van der Waals surface area contributed by atoms with E-state index in [9.17, 15) is 9.59 Å². The number of hydrogen-bond donors (Lipinski definition) is 1. The molecule has 0 spiro atoms. The Labute approximate surface area is 148 Å². The van der Waals surface area contributed by atoms with E-state index >= 15 is 0 Å². The van der Waals surface area contributed by atoms with Crippen molar-refractivity contribution < 1.29 is 9.90 Å². The fraction of sp³-hybridized carbons (Fsp3) is 0.467. The van der Waals surface area contributed by atoms with Gasteiger partial charge in [-0.1, -0.05) is 5.92 Å². The molecule has 3 heterocycles. The Balaban J connectivity index is 2.08. The molecule has 9 nitrogen and oxygen atoms in total. The van der Waals surface area contributed by atoms with Crippen LogP contribution in [-0.4, -0.2) is 61.4 Å². The van der Waals surface area contributed by atoms with Crippen LogP contribution in [0.1, 0.15) is 6.92 Å². The number of carboxylic acid groups (broad SMARTS) is 1. The van der Waals surface area contributed by atoms with Gasteiger partial charge in [-0.25, -0.2) is 4.79 Å². The molecule has 0 bridgehead atoms. The number of aromatic nitrogens is 4. The molecule has 0 aliphatic carbocycles. The Kier molecular flexibility index (Phi) is 4.55. The quantitative estimate of drug-likeness (QED) is 0.619. The molecule has 0 unspecified atom stereocenters. The maximum absolute atomic E-state index is 12.6. The van der Waals surface area contributed by atoms with Crippen LogP contribution < -0.4 is 10.5 Å². The van der Waals surface area contributed by atoms with Gasteiger partial charge < -0.3 is 14.9 Å². The molecular weight excluding hydrogens is 348 g/mol. The van der Waals surface area contributed by atoms with E-state index in [4.69, 9.17) is 16.7 Å². The second kappa shape index (κ2) is 6.64. The molecule has 0 atom stereocenters. The molecule has 0 aromatic carbocycles. The molecule has 132 valence electrons. The number of hydrogen-bond acceptors (Lipinski definition) is 5. The number of rotatable bonds is 2. The van der Waals surface area contributed by atoms with Crippen molar-refractivity contribution in [3.8, 4) is 11.8 Å². The van der Waals surface area contributed by atoms with Gasteiger partial charge in [0.1, 0.15) is 0 Å². The number of halogens is 1. The second-order valence-corrected chi connectivity index (χ2v) is 5.94. The van der Waals surface area contributed by atoms with Crippen molar-refractivity contribution in [3.63, 3.8) is 0 Å². The highest BCUT2D eigenvalue weighted by molar-refractivity contribution is 6.28.